The first kappa shape index (κ1) is 17.6. The molecule has 144 valence electrons. The highest BCUT2D eigenvalue weighted by atomic mass is 32.1. The van der Waals surface area contributed by atoms with Gasteiger partial charge in [0.15, 0.2) is 10.9 Å². The number of rotatable bonds is 5. The van der Waals surface area contributed by atoms with Gasteiger partial charge in [0, 0.05) is 27.9 Å². The number of nitrogens with one attached hydrogen (secondary N) is 2. The van der Waals surface area contributed by atoms with Crippen molar-refractivity contribution in [3.63, 3.8) is 0 Å². The number of fused-ring (bicyclic) bond motifs is 1. The van der Waals surface area contributed by atoms with Gasteiger partial charge >= 0.3 is 0 Å². The Kier molecular flexibility index (Phi) is 4.37. The van der Waals surface area contributed by atoms with E-state index in [1.165, 1.54) is 11.3 Å². The van der Waals surface area contributed by atoms with E-state index in [1.807, 2.05) is 35.7 Å². The molecule has 0 spiro atoms. The van der Waals surface area contributed by atoms with Gasteiger partial charge in [-0.3, -0.25) is 14.9 Å². The van der Waals surface area contributed by atoms with Crippen LogP contribution in [-0.4, -0.2) is 16.8 Å². The minimum absolute atomic E-state index is 0.0120. The summed E-state index contributed by atoms with van der Waals surface area (Å²) < 4.78 is 5.83. The molecule has 1 fully saturated rings. The van der Waals surface area contributed by atoms with Crippen LogP contribution in [0.1, 0.15) is 23.2 Å². The van der Waals surface area contributed by atoms with E-state index in [-0.39, 0.29) is 17.7 Å². The van der Waals surface area contributed by atoms with Crippen molar-refractivity contribution in [2.75, 3.05) is 10.6 Å². The maximum atomic E-state index is 12.6. The number of aromatic nitrogens is 1. The zero-order valence-corrected chi connectivity index (χ0v) is 16.2. The zero-order chi connectivity index (χ0) is 19.8. The van der Waals surface area contributed by atoms with E-state index in [4.69, 9.17) is 4.42 Å². The molecule has 6 nitrogen and oxygen atoms in total. The van der Waals surface area contributed by atoms with Crippen LogP contribution < -0.4 is 10.6 Å². The van der Waals surface area contributed by atoms with Gasteiger partial charge < -0.3 is 9.73 Å². The Hall–Kier alpha value is -3.45. The van der Waals surface area contributed by atoms with Crippen molar-refractivity contribution in [3.05, 3.63) is 65.5 Å². The highest BCUT2D eigenvalue weighted by Gasteiger charge is 2.29. The number of hydrogen-bond acceptors (Lipinski definition) is 5. The fourth-order valence-electron chi connectivity index (χ4n) is 3.05. The van der Waals surface area contributed by atoms with Crippen molar-refractivity contribution in [1.82, 2.24) is 4.98 Å². The molecular weight excluding hydrogens is 386 g/mol. The third kappa shape index (κ3) is 3.77. The molecule has 2 aromatic carbocycles. The van der Waals surface area contributed by atoms with Crippen molar-refractivity contribution < 1.29 is 14.0 Å². The minimum Gasteiger partial charge on any atom is -0.454 e. The van der Waals surface area contributed by atoms with E-state index in [0.717, 1.165) is 23.8 Å². The predicted molar refractivity (Wildman–Crippen MR) is 113 cm³/mol. The third-order valence-electron chi connectivity index (χ3n) is 4.74. The van der Waals surface area contributed by atoms with Crippen LogP contribution in [0, 0.1) is 5.92 Å². The summed E-state index contributed by atoms with van der Waals surface area (Å²) in [6, 6.07) is 16.6. The molecule has 1 aliphatic rings. The van der Waals surface area contributed by atoms with Gasteiger partial charge in [0.25, 0.3) is 5.91 Å². The quantitative estimate of drug-likeness (QED) is 0.482. The van der Waals surface area contributed by atoms with Crippen LogP contribution in [0.5, 0.6) is 0 Å². The molecule has 2 amide bonds. The van der Waals surface area contributed by atoms with Crippen LogP contribution in [0.4, 0.5) is 10.8 Å². The van der Waals surface area contributed by atoms with Gasteiger partial charge in [-0.2, -0.15) is 0 Å². The Balaban J connectivity index is 1.30. The summed E-state index contributed by atoms with van der Waals surface area (Å²) in [6.07, 6.45) is 1.87. The summed E-state index contributed by atoms with van der Waals surface area (Å²) in [6.45, 7) is 0. The van der Waals surface area contributed by atoms with Crippen LogP contribution in [0.2, 0.25) is 0 Å². The van der Waals surface area contributed by atoms with Gasteiger partial charge in [-0.1, -0.05) is 24.3 Å². The van der Waals surface area contributed by atoms with E-state index in [9.17, 15) is 9.59 Å². The molecule has 0 aliphatic heterocycles. The molecule has 2 N–H and O–H groups in total. The number of hydrogen-bond donors (Lipinski definition) is 2. The summed E-state index contributed by atoms with van der Waals surface area (Å²) in [5, 5.41) is 9.01. The molecule has 7 heteroatoms. The third-order valence-corrected chi connectivity index (χ3v) is 5.50. The summed E-state index contributed by atoms with van der Waals surface area (Å²) >= 11 is 1.33. The molecule has 0 radical (unpaired) electrons. The first-order valence-corrected chi connectivity index (χ1v) is 10.2. The van der Waals surface area contributed by atoms with Crippen LogP contribution in [-0.2, 0) is 4.79 Å². The molecule has 0 saturated heterocycles. The highest BCUT2D eigenvalue weighted by Crippen LogP contribution is 2.31. The number of nitrogens with zero attached hydrogens (tertiary/aromatic N) is 1. The largest absolute Gasteiger partial charge is 0.454 e. The predicted octanol–water partition coefficient (Wildman–Crippen LogP) is 5.16. The smallest absolute Gasteiger partial charge is 0.257 e. The monoisotopic (exact) mass is 403 g/mol. The van der Waals surface area contributed by atoms with E-state index in [1.54, 1.807) is 24.3 Å². The number of carbonyl (C=O) groups excluding carboxylic acids is 2. The number of furan rings is 1. The molecule has 1 saturated carbocycles. The molecular formula is C22H17N3O3S. The molecule has 1 aliphatic carbocycles. The fraction of sp³-hybridized carbons (Fsp3) is 0.136. The second-order valence-corrected chi connectivity index (χ2v) is 7.84. The van der Waals surface area contributed by atoms with Crippen LogP contribution in [0.15, 0.2) is 64.4 Å². The fourth-order valence-corrected chi connectivity index (χ4v) is 3.74. The molecule has 0 bridgehead atoms. The average molecular weight is 403 g/mol. The van der Waals surface area contributed by atoms with Gasteiger partial charge in [-0.05, 0) is 43.2 Å². The summed E-state index contributed by atoms with van der Waals surface area (Å²) in [7, 11) is 0. The standard InChI is InChI=1S/C22H17N3O3S/c26-20(13-8-9-13)23-16-6-3-5-15(10-16)21(27)25-22-24-17(12-29-22)19-11-14-4-1-2-7-18(14)28-19/h1-7,10-13H,8-9H2,(H,23,26)(H,24,25,27). The molecule has 29 heavy (non-hydrogen) atoms. The lowest BCUT2D eigenvalue weighted by molar-refractivity contribution is -0.117. The maximum absolute atomic E-state index is 12.6. The van der Waals surface area contributed by atoms with Gasteiger partial charge in [0.1, 0.15) is 11.3 Å². The zero-order valence-electron chi connectivity index (χ0n) is 15.3. The number of benzene rings is 2. The Morgan fingerprint density at radius 3 is 2.72 bits per heavy atom. The molecule has 4 aromatic rings. The normalized spacial score (nSPS) is 13.4. The van der Waals surface area contributed by atoms with E-state index in [0.29, 0.717) is 27.8 Å². The first-order chi connectivity index (χ1) is 14.2. The van der Waals surface area contributed by atoms with Gasteiger partial charge in [-0.25, -0.2) is 4.98 Å². The SMILES string of the molecule is O=C(Nc1nc(-c2cc3ccccc3o2)cs1)c1cccc(NC(=O)C2CC2)c1. The number of anilines is 2. The lowest BCUT2D eigenvalue weighted by atomic mass is 10.2. The first-order valence-electron chi connectivity index (χ1n) is 9.32. The van der Waals surface area contributed by atoms with E-state index in [2.05, 4.69) is 15.6 Å². The molecule has 2 heterocycles. The van der Waals surface area contributed by atoms with Crippen molar-refractivity contribution in [1.29, 1.82) is 0 Å². The van der Waals surface area contributed by atoms with Crippen molar-refractivity contribution in [2.45, 2.75) is 12.8 Å². The van der Waals surface area contributed by atoms with Gasteiger partial charge in [-0.15, -0.1) is 11.3 Å². The number of amides is 2. The van der Waals surface area contributed by atoms with E-state index >= 15 is 0 Å². The molecule has 2 aromatic heterocycles. The average Bonchev–Trinajstić information content (AvgIpc) is 3.33. The van der Waals surface area contributed by atoms with Crippen molar-refractivity contribution in [2.24, 2.45) is 5.92 Å². The molecule has 0 atom stereocenters. The Morgan fingerprint density at radius 2 is 1.90 bits per heavy atom. The van der Waals surface area contributed by atoms with E-state index < -0.39 is 0 Å². The molecule has 5 rings (SSSR count). The second-order valence-electron chi connectivity index (χ2n) is 6.98. The maximum Gasteiger partial charge on any atom is 0.257 e. The number of thiazole rings is 1. The Bertz CT molecular complexity index is 1190. The lowest BCUT2D eigenvalue weighted by Gasteiger charge is -2.06. The Morgan fingerprint density at radius 1 is 1.03 bits per heavy atom. The van der Waals surface area contributed by atoms with Crippen LogP contribution in [0.3, 0.4) is 0 Å². The minimum atomic E-state index is -0.280. The Labute approximate surface area is 170 Å². The molecule has 0 unspecified atom stereocenters. The number of para-hydroxylation sites is 1. The summed E-state index contributed by atoms with van der Waals surface area (Å²) in [4.78, 5) is 29.0. The van der Waals surface area contributed by atoms with Crippen LogP contribution >= 0.6 is 11.3 Å². The second kappa shape index (κ2) is 7.18. The van der Waals surface area contributed by atoms with Gasteiger partial charge in [0.05, 0.1) is 0 Å². The highest BCUT2D eigenvalue weighted by molar-refractivity contribution is 7.14. The van der Waals surface area contributed by atoms with Crippen LogP contribution in [0.25, 0.3) is 22.4 Å². The number of carbonyl (C=O) groups is 2. The summed E-state index contributed by atoms with van der Waals surface area (Å²) in [5.74, 6) is 0.503. The van der Waals surface area contributed by atoms with Crippen molar-refractivity contribution in [3.8, 4) is 11.5 Å². The topological polar surface area (TPSA) is 84.2 Å². The van der Waals surface area contributed by atoms with Crippen molar-refractivity contribution >= 4 is 44.9 Å². The summed E-state index contributed by atoms with van der Waals surface area (Å²) in [5.41, 5.74) is 2.55. The van der Waals surface area contributed by atoms with Gasteiger partial charge in [0.2, 0.25) is 5.91 Å². The lowest BCUT2D eigenvalue weighted by Crippen LogP contribution is -2.15.